The van der Waals surface area contributed by atoms with E-state index in [0.717, 1.165) is 12.3 Å². The number of rotatable bonds is 8. The molecule has 0 bridgehead atoms. The summed E-state index contributed by atoms with van der Waals surface area (Å²) < 4.78 is 5.47. The predicted molar refractivity (Wildman–Crippen MR) is 162 cm³/mol. The summed E-state index contributed by atoms with van der Waals surface area (Å²) in [6, 6.07) is -0.902. The Morgan fingerprint density at radius 1 is 1.00 bits per heavy atom. The first-order chi connectivity index (χ1) is 18.5. The molecule has 2 saturated heterocycles. The van der Waals surface area contributed by atoms with Gasteiger partial charge in [0, 0.05) is 19.2 Å². The van der Waals surface area contributed by atoms with E-state index in [1.54, 1.807) is 45.7 Å². The highest BCUT2D eigenvalue weighted by atomic mass is 16.6. The number of likely N-dealkylation sites (N-methyl/N-ethyl adjacent to an activating group) is 1. The zero-order valence-corrected chi connectivity index (χ0v) is 27.2. The van der Waals surface area contributed by atoms with Crippen LogP contribution < -0.4 is 5.32 Å². The molecule has 0 spiro atoms. The van der Waals surface area contributed by atoms with Gasteiger partial charge < -0.3 is 24.8 Å². The van der Waals surface area contributed by atoms with Crippen LogP contribution in [0.2, 0.25) is 0 Å². The van der Waals surface area contributed by atoms with Crippen LogP contribution in [-0.4, -0.2) is 96.9 Å². The molecular weight excluding hydrogens is 508 g/mol. The lowest BCUT2D eigenvalue weighted by molar-refractivity contribution is -0.162. The summed E-state index contributed by atoms with van der Waals surface area (Å²) in [6.07, 6.45) is 7.84. The van der Waals surface area contributed by atoms with E-state index >= 15 is 0 Å². The van der Waals surface area contributed by atoms with Crippen LogP contribution in [0, 0.1) is 11.8 Å². The monoisotopic (exact) mass is 566 g/mol. The van der Waals surface area contributed by atoms with Crippen LogP contribution in [-0.2, 0) is 23.9 Å². The normalized spacial score (nSPS) is 18.7. The van der Waals surface area contributed by atoms with E-state index in [1.807, 2.05) is 13.8 Å². The fraction of sp³-hybridized carbons (Fsp3) is 0.806. The topological polar surface area (TPSA) is 99.3 Å². The summed E-state index contributed by atoms with van der Waals surface area (Å²) in [5.41, 5.74) is -0.136. The van der Waals surface area contributed by atoms with E-state index in [4.69, 9.17) is 4.74 Å². The van der Waals surface area contributed by atoms with Crippen molar-refractivity contribution in [2.75, 3.05) is 40.3 Å². The second-order valence-corrected chi connectivity index (χ2v) is 12.9. The molecular formula is C31H58N4O5. The molecule has 1 N–H and O–H groups in total. The van der Waals surface area contributed by atoms with Gasteiger partial charge in [-0.1, -0.05) is 47.1 Å². The lowest BCUT2D eigenvalue weighted by Gasteiger charge is -2.31. The summed E-state index contributed by atoms with van der Waals surface area (Å²) in [5, 5.41) is 2.36. The minimum atomic E-state index is -0.610. The van der Waals surface area contributed by atoms with Gasteiger partial charge >= 0.3 is 5.97 Å². The number of nitrogens with one attached hydrogen (secondary N) is 1. The number of likely N-dealkylation sites (tertiary alicyclic amines) is 2. The van der Waals surface area contributed by atoms with Crippen molar-refractivity contribution in [2.45, 2.75) is 112 Å². The highest BCUT2D eigenvalue weighted by Gasteiger charge is 2.37. The van der Waals surface area contributed by atoms with Crippen LogP contribution in [0.5, 0.6) is 0 Å². The number of esters is 1. The summed E-state index contributed by atoms with van der Waals surface area (Å²) in [4.78, 5) is 53.7. The minimum Gasteiger partial charge on any atom is -0.458 e. The third-order valence-electron chi connectivity index (χ3n) is 6.39. The van der Waals surface area contributed by atoms with Crippen LogP contribution in [0.25, 0.3) is 0 Å². The van der Waals surface area contributed by atoms with Gasteiger partial charge in [-0.25, -0.2) is 4.79 Å². The Hall–Kier alpha value is -2.42. The zero-order valence-electron chi connectivity index (χ0n) is 27.2. The van der Waals surface area contributed by atoms with Gasteiger partial charge in [0.1, 0.15) is 11.6 Å². The van der Waals surface area contributed by atoms with E-state index in [2.05, 4.69) is 38.0 Å². The molecule has 0 unspecified atom stereocenters. The molecule has 0 aromatic heterocycles. The van der Waals surface area contributed by atoms with E-state index in [9.17, 15) is 19.2 Å². The second kappa shape index (κ2) is 18.8. The standard InChI is InChI=1S/C21H35N3O5.C6H13N.C4H10/c1-14(2)17(23(7)18(26)12-22-13-25)11-15(3)19(27)24-10-8-9-16(24)20(28)29-21(4,5)6;1-7-5-3-2-4-6-7;1-4(2)3/h11,13-14,16-17H,8-10,12H2,1-7H3,(H,22,25);2-6H2,1H3;4H,1-3H3/b15-11+;;/t16-,17+;;/m0../s1. The van der Waals surface area contributed by atoms with Gasteiger partial charge in [0.05, 0.1) is 12.6 Å². The Morgan fingerprint density at radius 3 is 1.98 bits per heavy atom. The van der Waals surface area contributed by atoms with Gasteiger partial charge in [0.2, 0.25) is 18.2 Å². The first-order valence-electron chi connectivity index (χ1n) is 14.8. The molecule has 0 aromatic carbocycles. The SMILES string of the molecule is C/C(=C\[C@H](C(C)C)N(C)C(=O)CNC=O)C(=O)N1CCC[C@H]1C(=O)OC(C)(C)C.CC(C)C.CN1CCCCC1. The van der Waals surface area contributed by atoms with Crippen LogP contribution in [0.1, 0.15) is 94.4 Å². The maximum atomic E-state index is 13.0. The Kier molecular flexibility index (Phi) is 17.7. The van der Waals surface area contributed by atoms with Crippen LogP contribution in [0.15, 0.2) is 11.6 Å². The minimum absolute atomic E-state index is 0.0585. The van der Waals surface area contributed by atoms with Crippen molar-refractivity contribution in [2.24, 2.45) is 11.8 Å². The quantitative estimate of drug-likeness (QED) is 0.268. The number of amides is 3. The smallest absolute Gasteiger partial charge is 0.329 e. The fourth-order valence-electron chi connectivity index (χ4n) is 4.40. The average molecular weight is 567 g/mol. The lowest BCUT2D eigenvalue weighted by atomic mass is 9.99. The third-order valence-corrected chi connectivity index (χ3v) is 6.39. The number of nitrogens with zero attached hydrogens (tertiary/aromatic N) is 3. The van der Waals surface area contributed by atoms with Gasteiger partial charge in [-0.05, 0) is 85.4 Å². The van der Waals surface area contributed by atoms with Gasteiger partial charge in [-0.2, -0.15) is 0 Å². The molecule has 3 amide bonds. The largest absolute Gasteiger partial charge is 0.458 e. The molecule has 2 fully saturated rings. The van der Waals surface area contributed by atoms with E-state index in [-0.39, 0.29) is 36.3 Å². The van der Waals surface area contributed by atoms with Gasteiger partial charge in [0.25, 0.3) is 0 Å². The molecule has 0 radical (unpaired) electrons. The van der Waals surface area contributed by atoms with E-state index < -0.39 is 11.6 Å². The Balaban J connectivity index is 0.00000114. The Bertz CT molecular complexity index is 810. The van der Waals surface area contributed by atoms with Crippen molar-refractivity contribution in [3.63, 3.8) is 0 Å². The molecule has 2 aliphatic heterocycles. The molecule has 0 saturated carbocycles. The maximum Gasteiger partial charge on any atom is 0.329 e. The number of carbonyl (C=O) groups is 4. The van der Waals surface area contributed by atoms with Crippen LogP contribution in [0.3, 0.4) is 0 Å². The highest BCUT2D eigenvalue weighted by molar-refractivity contribution is 5.96. The van der Waals surface area contributed by atoms with Crippen molar-refractivity contribution in [1.82, 2.24) is 20.0 Å². The first-order valence-corrected chi connectivity index (χ1v) is 14.8. The summed E-state index contributed by atoms with van der Waals surface area (Å²) in [6.45, 7) is 20.5. The molecule has 0 aliphatic carbocycles. The fourth-order valence-corrected chi connectivity index (χ4v) is 4.40. The van der Waals surface area contributed by atoms with E-state index in [1.165, 1.54) is 37.3 Å². The highest BCUT2D eigenvalue weighted by Crippen LogP contribution is 2.24. The third kappa shape index (κ3) is 15.4. The molecule has 2 atom stereocenters. The zero-order chi connectivity index (χ0) is 31.0. The van der Waals surface area contributed by atoms with Crippen LogP contribution in [0.4, 0.5) is 0 Å². The average Bonchev–Trinajstić information content (AvgIpc) is 3.34. The van der Waals surface area contributed by atoms with Crippen LogP contribution >= 0.6 is 0 Å². The molecule has 9 heteroatoms. The molecule has 2 heterocycles. The van der Waals surface area contributed by atoms with E-state index in [0.29, 0.717) is 24.9 Å². The van der Waals surface area contributed by atoms with Crippen molar-refractivity contribution in [1.29, 1.82) is 0 Å². The first kappa shape index (κ1) is 37.6. The van der Waals surface area contributed by atoms with Crippen molar-refractivity contribution in [3.8, 4) is 0 Å². The number of hydrogen-bond acceptors (Lipinski definition) is 6. The maximum absolute atomic E-state index is 13.0. The molecule has 2 aliphatic rings. The number of ether oxygens (including phenoxy) is 1. The molecule has 40 heavy (non-hydrogen) atoms. The van der Waals surface area contributed by atoms with Crippen molar-refractivity contribution in [3.05, 3.63) is 11.6 Å². The van der Waals surface area contributed by atoms with Gasteiger partial charge in [0.15, 0.2) is 0 Å². The Morgan fingerprint density at radius 2 is 1.55 bits per heavy atom. The molecule has 232 valence electrons. The molecule has 0 aromatic rings. The number of piperidine rings is 1. The Labute approximate surface area is 244 Å². The number of carbonyl (C=O) groups excluding carboxylic acids is 4. The molecule has 9 nitrogen and oxygen atoms in total. The summed E-state index contributed by atoms with van der Waals surface area (Å²) >= 11 is 0. The molecule has 2 rings (SSSR count). The summed E-state index contributed by atoms with van der Waals surface area (Å²) in [7, 11) is 3.84. The predicted octanol–water partition coefficient (Wildman–Crippen LogP) is 4.26. The second-order valence-electron chi connectivity index (χ2n) is 12.9. The lowest BCUT2D eigenvalue weighted by Crippen LogP contribution is -2.45. The van der Waals surface area contributed by atoms with Crippen molar-refractivity contribution >= 4 is 24.2 Å². The number of hydrogen-bond donors (Lipinski definition) is 1. The van der Waals surface area contributed by atoms with Gasteiger partial charge in [-0.15, -0.1) is 0 Å². The van der Waals surface area contributed by atoms with Crippen molar-refractivity contribution < 1.29 is 23.9 Å². The summed E-state index contributed by atoms with van der Waals surface area (Å²) in [5.74, 6) is 0.0305. The van der Waals surface area contributed by atoms with Gasteiger partial charge in [-0.3, -0.25) is 14.4 Å².